The van der Waals surface area contributed by atoms with Crippen molar-refractivity contribution in [1.29, 1.82) is 0 Å². The van der Waals surface area contributed by atoms with Crippen LogP contribution in [0.1, 0.15) is 32.6 Å². The standard InChI is InChI=1S/C11H22F3NOSi/c1-3-15-8-5-4-6-10(15)17(16-2)9-7-11(12,13)14/h10,17H,3-9H2,1-2H3. The molecule has 17 heavy (non-hydrogen) atoms. The average Bonchev–Trinajstić information content (AvgIpc) is 2.29. The van der Waals surface area contributed by atoms with Gasteiger partial charge in [0, 0.05) is 19.2 Å². The minimum Gasteiger partial charge on any atom is -0.422 e. The van der Waals surface area contributed by atoms with E-state index >= 15 is 0 Å². The second-order valence-corrected chi connectivity index (χ2v) is 7.51. The SMILES string of the molecule is CCN1CCCCC1[SiH](CCC(F)(F)F)OC. The number of alkyl halides is 3. The van der Waals surface area contributed by atoms with Gasteiger partial charge in [-0.15, -0.1) is 0 Å². The lowest BCUT2D eigenvalue weighted by molar-refractivity contribution is -0.131. The Labute approximate surface area is 103 Å². The Balaban J connectivity index is 2.52. The van der Waals surface area contributed by atoms with Gasteiger partial charge in [-0.3, -0.25) is 0 Å². The summed E-state index contributed by atoms with van der Waals surface area (Å²) in [5.41, 5.74) is 0.293. The molecule has 102 valence electrons. The van der Waals surface area contributed by atoms with Crippen molar-refractivity contribution in [2.24, 2.45) is 0 Å². The molecule has 0 saturated carbocycles. The first-order valence-electron chi connectivity index (χ1n) is 6.31. The van der Waals surface area contributed by atoms with Gasteiger partial charge in [0.05, 0.1) is 0 Å². The van der Waals surface area contributed by atoms with Gasteiger partial charge in [0.15, 0.2) is 9.04 Å². The highest BCUT2D eigenvalue weighted by Gasteiger charge is 2.35. The van der Waals surface area contributed by atoms with Gasteiger partial charge in [0.1, 0.15) is 0 Å². The van der Waals surface area contributed by atoms with Crippen molar-refractivity contribution in [2.75, 3.05) is 20.2 Å². The van der Waals surface area contributed by atoms with E-state index in [0.29, 0.717) is 5.67 Å². The summed E-state index contributed by atoms with van der Waals surface area (Å²) in [5, 5.41) is 0. The van der Waals surface area contributed by atoms with Crippen LogP contribution in [0.4, 0.5) is 13.2 Å². The van der Waals surface area contributed by atoms with E-state index in [1.54, 1.807) is 7.11 Å². The third-order valence-electron chi connectivity index (χ3n) is 3.51. The first kappa shape index (κ1) is 15.0. The molecule has 6 heteroatoms. The molecular weight excluding hydrogens is 247 g/mol. The second kappa shape index (κ2) is 6.75. The number of halogens is 3. The highest BCUT2D eigenvalue weighted by molar-refractivity contribution is 6.53. The zero-order valence-corrected chi connectivity index (χ0v) is 11.7. The third-order valence-corrected chi connectivity index (χ3v) is 6.59. The topological polar surface area (TPSA) is 12.5 Å². The van der Waals surface area contributed by atoms with Crippen LogP contribution in [-0.4, -0.2) is 46.0 Å². The van der Waals surface area contributed by atoms with Crippen LogP contribution in [-0.2, 0) is 4.43 Å². The molecule has 0 spiro atoms. The van der Waals surface area contributed by atoms with Crippen molar-refractivity contribution in [1.82, 2.24) is 4.90 Å². The Morgan fingerprint density at radius 1 is 1.35 bits per heavy atom. The van der Waals surface area contributed by atoms with Crippen LogP contribution in [0, 0.1) is 0 Å². The zero-order valence-electron chi connectivity index (χ0n) is 10.6. The molecule has 1 rings (SSSR count). The predicted molar refractivity (Wildman–Crippen MR) is 64.5 cm³/mol. The van der Waals surface area contributed by atoms with E-state index in [1.165, 1.54) is 0 Å². The summed E-state index contributed by atoms with van der Waals surface area (Å²) >= 11 is 0. The lowest BCUT2D eigenvalue weighted by Crippen LogP contribution is -2.50. The number of hydrogen-bond acceptors (Lipinski definition) is 2. The molecule has 1 saturated heterocycles. The monoisotopic (exact) mass is 269 g/mol. The van der Waals surface area contributed by atoms with Crippen molar-refractivity contribution in [3.05, 3.63) is 0 Å². The first-order valence-corrected chi connectivity index (χ1v) is 8.27. The first-order chi connectivity index (χ1) is 7.98. The lowest BCUT2D eigenvalue weighted by Gasteiger charge is -2.38. The van der Waals surface area contributed by atoms with E-state index in [2.05, 4.69) is 11.8 Å². The van der Waals surface area contributed by atoms with Crippen molar-refractivity contribution >= 4 is 9.04 Å². The van der Waals surface area contributed by atoms with Crippen LogP contribution in [0.2, 0.25) is 6.04 Å². The lowest BCUT2D eigenvalue weighted by atomic mass is 10.1. The summed E-state index contributed by atoms with van der Waals surface area (Å²) in [6, 6.07) is 0.209. The Bertz CT molecular complexity index is 225. The Morgan fingerprint density at radius 3 is 2.59 bits per heavy atom. The molecule has 2 nitrogen and oxygen atoms in total. The van der Waals surface area contributed by atoms with E-state index in [1.807, 2.05) is 0 Å². The van der Waals surface area contributed by atoms with E-state index < -0.39 is 21.6 Å². The van der Waals surface area contributed by atoms with Crippen LogP contribution < -0.4 is 0 Å². The average molecular weight is 269 g/mol. The smallest absolute Gasteiger partial charge is 0.388 e. The molecule has 0 aromatic rings. The molecule has 0 aromatic heterocycles. The molecule has 1 heterocycles. The Morgan fingerprint density at radius 2 is 2.06 bits per heavy atom. The number of nitrogens with zero attached hydrogens (tertiary/aromatic N) is 1. The summed E-state index contributed by atoms with van der Waals surface area (Å²) in [6.45, 7) is 4.01. The largest absolute Gasteiger partial charge is 0.422 e. The van der Waals surface area contributed by atoms with Gasteiger partial charge in [0.25, 0.3) is 0 Å². The Kier molecular flexibility index (Phi) is 5.95. The van der Waals surface area contributed by atoms with Crippen LogP contribution in [0.3, 0.4) is 0 Å². The fourth-order valence-electron chi connectivity index (χ4n) is 2.60. The molecule has 0 amide bonds. The van der Waals surface area contributed by atoms with E-state index in [4.69, 9.17) is 4.43 Å². The number of piperidine rings is 1. The van der Waals surface area contributed by atoms with Crippen LogP contribution in [0.5, 0.6) is 0 Å². The van der Waals surface area contributed by atoms with Gasteiger partial charge in [-0.25, -0.2) is 0 Å². The maximum atomic E-state index is 12.3. The summed E-state index contributed by atoms with van der Waals surface area (Å²) in [4.78, 5) is 2.31. The second-order valence-electron chi connectivity index (χ2n) is 4.62. The molecule has 0 bridgehead atoms. The number of hydrogen-bond donors (Lipinski definition) is 0. The summed E-state index contributed by atoms with van der Waals surface area (Å²) in [5.74, 6) is 0. The van der Waals surface area contributed by atoms with Crippen LogP contribution in [0.25, 0.3) is 0 Å². The zero-order chi connectivity index (χ0) is 12.9. The number of rotatable bonds is 5. The molecule has 0 aromatic carbocycles. The molecule has 2 unspecified atom stereocenters. The molecule has 1 aliphatic rings. The van der Waals surface area contributed by atoms with Crippen LogP contribution in [0.15, 0.2) is 0 Å². The fourth-order valence-corrected chi connectivity index (χ4v) is 5.59. The normalized spacial score (nSPS) is 24.9. The van der Waals surface area contributed by atoms with Gasteiger partial charge in [-0.1, -0.05) is 13.3 Å². The van der Waals surface area contributed by atoms with Crippen molar-refractivity contribution in [3.8, 4) is 0 Å². The maximum Gasteiger partial charge on any atom is 0.388 e. The molecule has 2 atom stereocenters. The highest BCUT2D eigenvalue weighted by atomic mass is 28.3. The van der Waals surface area contributed by atoms with Crippen LogP contribution >= 0.6 is 0 Å². The summed E-state index contributed by atoms with van der Waals surface area (Å²) < 4.78 is 42.2. The molecular formula is C11H22F3NOSi. The van der Waals surface area contributed by atoms with Gasteiger partial charge in [0.2, 0.25) is 0 Å². The minimum absolute atomic E-state index is 0.209. The van der Waals surface area contributed by atoms with Gasteiger partial charge in [-0.05, 0) is 32.0 Å². The summed E-state index contributed by atoms with van der Waals surface area (Å²) in [7, 11) is -0.185. The van der Waals surface area contributed by atoms with Crippen molar-refractivity contribution < 1.29 is 17.6 Å². The number of likely N-dealkylation sites (tertiary alicyclic amines) is 1. The van der Waals surface area contributed by atoms with E-state index in [9.17, 15) is 13.2 Å². The third kappa shape index (κ3) is 4.97. The van der Waals surface area contributed by atoms with Crippen molar-refractivity contribution in [2.45, 2.75) is 50.5 Å². The molecule has 1 aliphatic heterocycles. The predicted octanol–water partition coefficient (Wildman–Crippen LogP) is 2.72. The fraction of sp³-hybridized carbons (Fsp3) is 1.00. The highest BCUT2D eigenvalue weighted by Crippen LogP contribution is 2.27. The Hall–Kier alpha value is -0.0731. The quantitative estimate of drug-likeness (QED) is 0.712. The minimum atomic E-state index is -4.05. The van der Waals surface area contributed by atoms with Gasteiger partial charge >= 0.3 is 6.18 Å². The molecule has 1 fully saturated rings. The van der Waals surface area contributed by atoms with E-state index in [-0.39, 0.29) is 6.04 Å². The summed E-state index contributed by atoms with van der Waals surface area (Å²) in [6.07, 6.45) is -1.44. The molecule has 0 N–H and O–H groups in total. The molecule has 0 aliphatic carbocycles. The van der Waals surface area contributed by atoms with Crippen molar-refractivity contribution in [3.63, 3.8) is 0 Å². The van der Waals surface area contributed by atoms with Gasteiger partial charge < -0.3 is 9.33 Å². The van der Waals surface area contributed by atoms with Gasteiger partial charge in [-0.2, -0.15) is 13.2 Å². The maximum absolute atomic E-state index is 12.3. The van der Waals surface area contributed by atoms with E-state index in [0.717, 1.165) is 32.4 Å². The molecule has 0 radical (unpaired) electrons.